The molecule has 0 saturated heterocycles. The zero-order valence-electron chi connectivity index (χ0n) is 11.8. The van der Waals surface area contributed by atoms with Gasteiger partial charge in [-0.05, 0) is 31.9 Å². The Morgan fingerprint density at radius 1 is 1.25 bits per heavy atom. The van der Waals surface area contributed by atoms with Crippen LogP contribution in [-0.2, 0) is 0 Å². The molecule has 2 rings (SSSR count). The van der Waals surface area contributed by atoms with E-state index in [1.54, 1.807) is 18.2 Å². The lowest BCUT2D eigenvalue weighted by molar-refractivity contribution is 0.349. The Kier molecular flexibility index (Phi) is 4.84. The summed E-state index contributed by atoms with van der Waals surface area (Å²) in [6.45, 7) is 4.02. The highest BCUT2D eigenvalue weighted by Gasteiger charge is 2.16. The van der Waals surface area contributed by atoms with Crippen molar-refractivity contribution < 1.29 is 8.91 Å². The number of halogens is 1. The number of rotatable bonds is 6. The highest BCUT2D eigenvalue weighted by molar-refractivity contribution is 5.54. The van der Waals surface area contributed by atoms with Gasteiger partial charge in [0.05, 0.1) is 5.56 Å². The van der Waals surface area contributed by atoms with E-state index >= 15 is 0 Å². The first-order valence-electron chi connectivity index (χ1n) is 6.92. The fraction of sp³-hybridized carbons (Fsp3) is 0.467. The minimum Gasteiger partial charge on any atom is -0.339 e. The molecule has 0 aliphatic rings. The fourth-order valence-corrected chi connectivity index (χ4v) is 2.06. The van der Waals surface area contributed by atoms with Gasteiger partial charge in [0, 0.05) is 12.0 Å². The molecular formula is C15H20FN3O. The van der Waals surface area contributed by atoms with Gasteiger partial charge in [-0.25, -0.2) is 4.39 Å². The van der Waals surface area contributed by atoms with Crippen LogP contribution < -0.4 is 5.73 Å². The first-order chi connectivity index (χ1) is 9.58. The van der Waals surface area contributed by atoms with Crippen LogP contribution in [-0.4, -0.2) is 16.2 Å². The largest absolute Gasteiger partial charge is 0.339 e. The maximum absolute atomic E-state index is 13.6. The summed E-state index contributed by atoms with van der Waals surface area (Å²) in [5.74, 6) is 0.663. The second kappa shape index (κ2) is 6.61. The van der Waals surface area contributed by atoms with Crippen molar-refractivity contribution in [1.29, 1.82) is 0 Å². The van der Waals surface area contributed by atoms with Crippen LogP contribution in [0.15, 0.2) is 28.8 Å². The van der Waals surface area contributed by atoms with Gasteiger partial charge in [0.15, 0.2) is 0 Å². The van der Waals surface area contributed by atoms with Crippen LogP contribution in [0.2, 0.25) is 0 Å². The standard InChI is InChI=1S/C15H20FN3O/c1-10(6-5-7-11(2)17)15-18-14(19-20-15)12-8-3-4-9-13(12)16/h3-4,8-11H,5-7,17H2,1-2H3. The van der Waals surface area contributed by atoms with Crippen molar-refractivity contribution in [2.45, 2.75) is 45.1 Å². The molecule has 2 atom stereocenters. The van der Waals surface area contributed by atoms with Crippen molar-refractivity contribution in [1.82, 2.24) is 10.1 Å². The van der Waals surface area contributed by atoms with E-state index in [0.717, 1.165) is 19.3 Å². The average molecular weight is 277 g/mol. The zero-order chi connectivity index (χ0) is 14.5. The van der Waals surface area contributed by atoms with E-state index in [1.165, 1.54) is 6.07 Å². The molecule has 4 nitrogen and oxygen atoms in total. The summed E-state index contributed by atoms with van der Waals surface area (Å²) in [6.07, 6.45) is 2.91. The number of hydrogen-bond donors (Lipinski definition) is 1. The molecule has 0 bridgehead atoms. The van der Waals surface area contributed by atoms with E-state index in [4.69, 9.17) is 10.3 Å². The third-order valence-corrected chi connectivity index (χ3v) is 3.27. The monoisotopic (exact) mass is 277 g/mol. The molecule has 0 radical (unpaired) electrons. The van der Waals surface area contributed by atoms with Crippen LogP contribution in [0.25, 0.3) is 11.4 Å². The molecule has 2 aromatic rings. The molecule has 108 valence electrons. The predicted octanol–water partition coefficient (Wildman–Crippen LogP) is 3.50. The van der Waals surface area contributed by atoms with E-state index < -0.39 is 0 Å². The molecule has 0 aliphatic heterocycles. The van der Waals surface area contributed by atoms with E-state index in [2.05, 4.69) is 10.1 Å². The second-order valence-corrected chi connectivity index (χ2v) is 5.25. The Morgan fingerprint density at radius 2 is 2.00 bits per heavy atom. The normalized spacial score (nSPS) is 14.2. The van der Waals surface area contributed by atoms with Crippen LogP contribution >= 0.6 is 0 Å². The maximum Gasteiger partial charge on any atom is 0.229 e. The maximum atomic E-state index is 13.6. The van der Waals surface area contributed by atoms with Crippen molar-refractivity contribution in [3.05, 3.63) is 36.0 Å². The Balaban J connectivity index is 2.03. The first kappa shape index (κ1) is 14.7. The molecule has 0 spiro atoms. The van der Waals surface area contributed by atoms with Gasteiger partial charge in [-0.1, -0.05) is 30.6 Å². The topological polar surface area (TPSA) is 64.9 Å². The molecule has 5 heteroatoms. The third kappa shape index (κ3) is 3.63. The lowest BCUT2D eigenvalue weighted by atomic mass is 10.0. The molecule has 0 saturated carbocycles. The summed E-state index contributed by atoms with van der Waals surface area (Å²) in [6, 6.07) is 6.62. The second-order valence-electron chi connectivity index (χ2n) is 5.25. The van der Waals surface area contributed by atoms with Gasteiger partial charge in [0.1, 0.15) is 5.82 Å². The molecule has 20 heavy (non-hydrogen) atoms. The number of benzene rings is 1. The molecule has 1 aromatic heterocycles. The summed E-state index contributed by atoms with van der Waals surface area (Å²) < 4.78 is 18.9. The quantitative estimate of drug-likeness (QED) is 0.877. The van der Waals surface area contributed by atoms with E-state index in [-0.39, 0.29) is 17.8 Å². The first-order valence-corrected chi connectivity index (χ1v) is 6.92. The van der Waals surface area contributed by atoms with Crippen molar-refractivity contribution in [3.63, 3.8) is 0 Å². The molecule has 0 aliphatic carbocycles. The SMILES string of the molecule is CC(N)CCCC(C)c1nc(-c2ccccc2F)no1. The Bertz CT molecular complexity index is 554. The minimum absolute atomic E-state index is 0.154. The summed E-state index contributed by atoms with van der Waals surface area (Å²) in [7, 11) is 0. The Labute approximate surface area is 118 Å². The lowest BCUT2D eigenvalue weighted by Crippen LogP contribution is -2.14. The van der Waals surface area contributed by atoms with Crippen LogP contribution in [0, 0.1) is 5.82 Å². The van der Waals surface area contributed by atoms with E-state index in [0.29, 0.717) is 17.3 Å². The average Bonchev–Trinajstić information content (AvgIpc) is 2.88. The van der Waals surface area contributed by atoms with Crippen molar-refractivity contribution in [3.8, 4) is 11.4 Å². The molecule has 2 N–H and O–H groups in total. The van der Waals surface area contributed by atoms with Crippen molar-refractivity contribution >= 4 is 0 Å². The van der Waals surface area contributed by atoms with Gasteiger partial charge >= 0.3 is 0 Å². The van der Waals surface area contributed by atoms with Gasteiger partial charge < -0.3 is 10.3 Å². The van der Waals surface area contributed by atoms with Crippen LogP contribution in [0.3, 0.4) is 0 Å². The van der Waals surface area contributed by atoms with Crippen molar-refractivity contribution in [2.24, 2.45) is 5.73 Å². The van der Waals surface area contributed by atoms with Gasteiger partial charge in [-0.3, -0.25) is 0 Å². The summed E-state index contributed by atoms with van der Waals surface area (Å²) in [5, 5.41) is 3.86. The number of aromatic nitrogens is 2. The van der Waals surface area contributed by atoms with Gasteiger partial charge in [-0.2, -0.15) is 4.98 Å². The molecule has 0 fully saturated rings. The van der Waals surface area contributed by atoms with Crippen molar-refractivity contribution in [2.75, 3.05) is 0 Å². The highest BCUT2D eigenvalue weighted by atomic mass is 19.1. The Morgan fingerprint density at radius 3 is 2.70 bits per heavy atom. The Hall–Kier alpha value is -1.75. The number of nitrogens with two attached hydrogens (primary N) is 1. The van der Waals surface area contributed by atoms with Crippen LogP contribution in [0.1, 0.15) is 44.9 Å². The highest BCUT2D eigenvalue weighted by Crippen LogP contribution is 2.24. The molecule has 2 unspecified atom stereocenters. The summed E-state index contributed by atoms with van der Waals surface area (Å²) in [5.41, 5.74) is 6.09. The zero-order valence-corrected chi connectivity index (χ0v) is 11.8. The molecular weight excluding hydrogens is 257 g/mol. The predicted molar refractivity (Wildman–Crippen MR) is 75.6 cm³/mol. The summed E-state index contributed by atoms with van der Waals surface area (Å²) >= 11 is 0. The minimum atomic E-state index is -0.343. The molecule has 1 aromatic carbocycles. The van der Waals surface area contributed by atoms with Crippen LogP contribution in [0.5, 0.6) is 0 Å². The molecule has 1 heterocycles. The van der Waals surface area contributed by atoms with Gasteiger partial charge in [0.25, 0.3) is 0 Å². The van der Waals surface area contributed by atoms with E-state index in [1.807, 2.05) is 13.8 Å². The smallest absolute Gasteiger partial charge is 0.229 e. The number of nitrogens with zero attached hydrogens (tertiary/aromatic N) is 2. The van der Waals surface area contributed by atoms with E-state index in [9.17, 15) is 4.39 Å². The number of hydrogen-bond acceptors (Lipinski definition) is 4. The molecule has 0 amide bonds. The fourth-order valence-electron chi connectivity index (χ4n) is 2.06. The summed E-state index contributed by atoms with van der Waals surface area (Å²) in [4.78, 5) is 4.29. The van der Waals surface area contributed by atoms with Gasteiger partial charge in [-0.15, -0.1) is 0 Å². The third-order valence-electron chi connectivity index (χ3n) is 3.27. The van der Waals surface area contributed by atoms with Gasteiger partial charge in [0.2, 0.25) is 11.7 Å². The van der Waals surface area contributed by atoms with Crippen LogP contribution in [0.4, 0.5) is 4.39 Å². The lowest BCUT2D eigenvalue weighted by Gasteiger charge is -2.07.